The maximum atomic E-state index is 16.5. The van der Waals surface area contributed by atoms with E-state index in [2.05, 4.69) is 20.2 Å². The lowest BCUT2D eigenvalue weighted by molar-refractivity contribution is -0.208. The zero-order chi connectivity index (χ0) is 33.5. The number of aromatic nitrogens is 4. The normalized spacial score (nSPS) is 25.2. The van der Waals surface area contributed by atoms with Gasteiger partial charge in [0.25, 0.3) is 5.85 Å². The number of carbonyl (C=O) groups excluding carboxylic acids is 1. The summed E-state index contributed by atoms with van der Waals surface area (Å²) in [7, 11) is -4.72. The van der Waals surface area contributed by atoms with Crippen molar-refractivity contribution < 1.29 is 42.5 Å². The van der Waals surface area contributed by atoms with E-state index in [1.165, 1.54) is 13.0 Å². The molecule has 5 N–H and O–H groups in total. The fourth-order valence-electron chi connectivity index (χ4n) is 4.77. The summed E-state index contributed by atoms with van der Waals surface area (Å²) in [5.74, 6) is -4.14. The van der Waals surface area contributed by atoms with Crippen LogP contribution in [0.4, 0.5) is 10.2 Å². The highest BCUT2D eigenvalue weighted by atomic mass is 31.2. The maximum absolute atomic E-state index is 16.5. The molecule has 0 amide bonds. The summed E-state index contributed by atoms with van der Waals surface area (Å²) in [6, 6.07) is 12.3. The number of nitrogens with two attached hydrogens (primary N) is 1. The number of nitriles is 1. The van der Waals surface area contributed by atoms with E-state index < -0.39 is 50.0 Å². The molecular weight excluding hydrogens is 624 g/mol. The van der Waals surface area contributed by atoms with Gasteiger partial charge in [-0.1, -0.05) is 57.2 Å². The molecule has 4 aromatic rings. The lowest BCUT2D eigenvalue weighted by Crippen LogP contribution is -2.44. The van der Waals surface area contributed by atoms with Crippen LogP contribution in [0.3, 0.4) is 0 Å². The number of fused-ring (bicyclic) bond motifs is 2. The van der Waals surface area contributed by atoms with Gasteiger partial charge in [-0.25, -0.2) is 23.4 Å². The zero-order valence-electron chi connectivity index (χ0n) is 25.3. The summed E-state index contributed by atoms with van der Waals surface area (Å²) in [6.07, 6.45) is -2.51. The van der Waals surface area contributed by atoms with Crippen LogP contribution in [0.5, 0.6) is 5.75 Å². The topological polar surface area (TPSA) is 216 Å². The number of alkyl halides is 1. The van der Waals surface area contributed by atoms with Gasteiger partial charge in [0.15, 0.2) is 11.5 Å². The van der Waals surface area contributed by atoms with Crippen LogP contribution in [-0.2, 0) is 29.0 Å². The van der Waals surface area contributed by atoms with E-state index in [4.69, 9.17) is 24.3 Å². The Hall–Kier alpha value is -4.23. The number of anilines is 1. The molecule has 17 heteroatoms. The lowest BCUT2D eigenvalue weighted by Gasteiger charge is -2.28. The summed E-state index contributed by atoms with van der Waals surface area (Å²) in [6.45, 7) is 5.63. The van der Waals surface area contributed by atoms with Crippen molar-refractivity contribution in [3.8, 4) is 11.8 Å². The van der Waals surface area contributed by atoms with Crippen LogP contribution in [0.1, 0.15) is 33.4 Å². The molecule has 1 fully saturated rings. The van der Waals surface area contributed by atoms with Gasteiger partial charge in [-0.05, 0) is 23.8 Å². The van der Waals surface area contributed by atoms with Gasteiger partial charge < -0.3 is 29.9 Å². The van der Waals surface area contributed by atoms with Crippen molar-refractivity contribution in [3.63, 3.8) is 0 Å². The number of carbonyl (C=O) groups is 1. The quantitative estimate of drug-likeness (QED) is 0.143. The lowest BCUT2D eigenvalue weighted by atomic mass is 9.92. The van der Waals surface area contributed by atoms with Crippen molar-refractivity contribution in [2.24, 2.45) is 5.41 Å². The molecule has 3 heterocycles. The number of nitrogens with zero attached hydrogens (tertiary/aromatic N) is 5. The van der Waals surface area contributed by atoms with Gasteiger partial charge in [-0.2, -0.15) is 15.4 Å². The molecule has 2 aromatic heterocycles. The van der Waals surface area contributed by atoms with Crippen LogP contribution < -0.4 is 15.3 Å². The van der Waals surface area contributed by atoms with Crippen molar-refractivity contribution >= 4 is 36.0 Å². The number of halogens is 1. The molecule has 1 unspecified atom stereocenters. The monoisotopic (exact) mass is 657 g/mol. The maximum Gasteiger partial charge on any atom is 0.459 e. The minimum Gasteiger partial charge on any atom is -0.464 e. The Labute approximate surface area is 262 Å². The van der Waals surface area contributed by atoms with Crippen molar-refractivity contribution in [1.29, 1.82) is 5.26 Å². The Balaban J connectivity index is 1.45. The van der Waals surface area contributed by atoms with Crippen molar-refractivity contribution in [3.05, 3.63) is 60.7 Å². The fourth-order valence-corrected chi connectivity index (χ4v) is 6.29. The molecule has 15 nitrogen and oxygen atoms in total. The number of nitrogens with one attached hydrogen (secondary N) is 1. The standard InChI is InChI=1S/C29H33FN7O8P/c1-17(26(40)42-14-27(2,3)4)36-46(41,44-20-11-7-9-18-8-5-6-10-19(18)20)43-15-29(30)23(39)22(38)28(13-31,45-29)21-12-33-25-24(32)34-16-35-37(21)25/h5-12,16-17,22-23,38-39H,14-15H2,1-4H3,(H,36,41)(H2,32,34,35)/t17-,22+,23-,28-,29+,46?/m0/s1. The third kappa shape index (κ3) is 6.25. The number of aliphatic hydroxyl groups excluding tert-OH is 2. The smallest absolute Gasteiger partial charge is 0.459 e. The number of hydrogen-bond acceptors (Lipinski definition) is 13. The zero-order valence-corrected chi connectivity index (χ0v) is 26.2. The number of hydrogen-bond donors (Lipinski definition) is 4. The first-order valence-electron chi connectivity index (χ1n) is 14.1. The van der Waals surface area contributed by atoms with Crippen LogP contribution in [-0.4, -0.2) is 73.1 Å². The fraction of sp³-hybridized carbons (Fsp3) is 0.414. The highest BCUT2D eigenvalue weighted by molar-refractivity contribution is 7.52. The van der Waals surface area contributed by atoms with E-state index in [1.807, 2.05) is 20.8 Å². The highest BCUT2D eigenvalue weighted by Crippen LogP contribution is 2.51. The SMILES string of the molecule is C[C@H](NP(=O)(OC[C@@]1(F)O[C@@](C#N)(c2cnc3c(N)ncnn23)[C@H](O)[C@@H]1O)Oc1cccc2ccccc12)C(=O)OCC(C)(C)C. The molecule has 1 aliphatic rings. The number of esters is 1. The molecule has 1 aliphatic heterocycles. The average Bonchev–Trinajstić information content (AvgIpc) is 3.54. The van der Waals surface area contributed by atoms with Gasteiger partial charge in [-0.3, -0.25) is 9.32 Å². The number of benzene rings is 2. The van der Waals surface area contributed by atoms with Gasteiger partial charge in [0.05, 0.1) is 12.8 Å². The molecular formula is C29H33FN7O8P. The minimum absolute atomic E-state index is 0.0189. The van der Waals surface area contributed by atoms with Gasteiger partial charge in [-0.15, -0.1) is 0 Å². The average molecular weight is 658 g/mol. The van der Waals surface area contributed by atoms with E-state index in [0.29, 0.717) is 5.39 Å². The summed E-state index contributed by atoms with van der Waals surface area (Å²) in [4.78, 5) is 20.6. The molecule has 0 bridgehead atoms. The molecule has 1 saturated heterocycles. The second kappa shape index (κ2) is 12.2. The Bertz CT molecular complexity index is 1860. The third-order valence-corrected chi connectivity index (χ3v) is 8.73. The van der Waals surface area contributed by atoms with Crippen LogP contribution in [0.15, 0.2) is 55.0 Å². The Morgan fingerprint density at radius 3 is 2.67 bits per heavy atom. The second-order valence-corrected chi connectivity index (χ2v) is 13.7. The molecule has 0 aliphatic carbocycles. The third-order valence-electron chi connectivity index (χ3n) is 7.12. The van der Waals surface area contributed by atoms with E-state index in [1.54, 1.807) is 42.5 Å². The van der Waals surface area contributed by atoms with Gasteiger partial charge >= 0.3 is 13.7 Å². The van der Waals surface area contributed by atoms with E-state index >= 15 is 4.39 Å². The first-order valence-corrected chi connectivity index (χ1v) is 15.6. The molecule has 46 heavy (non-hydrogen) atoms. The van der Waals surface area contributed by atoms with E-state index in [0.717, 1.165) is 22.4 Å². The predicted octanol–water partition coefficient (Wildman–Crippen LogP) is 2.77. The van der Waals surface area contributed by atoms with E-state index in [-0.39, 0.29) is 34.9 Å². The number of nitrogen functional groups attached to an aromatic ring is 1. The second-order valence-electron chi connectivity index (χ2n) is 12.0. The number of imidazole rings is 1. The van der Waals surface area contributed by atoms with Crippen LogP contribution in [0, 0.1) is 16.7 Å². The Morgan fingerprint density at radius 1 is 1.24 bits per heavy atom. The molecule has 0 spiro atoms. The van der Waals surface area contributed by atoms with Crippen molar-refractivity contribution in [2.75, 3.05) is 18.9 Å². The summed E-state index contributed by atoms with van der Waals surface area (Å²) in [5.41, 5.74) is 2.59. The summed E-state index contributed by atoms with van der Waals surface area (Å²) >= 11 is 0. The number of ether oxygens (including phenoxy) is 2. The summed E-state index contributed by atoms with van der Waals surface area (Å²) in [5, 5.41) is 39.6. The predicted molar refractivity (Wildman–Crippen MR) is 161 cm³/mol. The first kappa shape index (κ1) is 33.1. The molecule has 244 valence electrons. The number of rotatable bonds is 10. The summed E-state index contributed by atoms with van der Waals surface area (Å²) < 4.78 is 53.8. The molecule has 2 aromatic carbocycles. The Morgan fingerprint density at radius 2 is 1.96 bits per heavy atom. The van der Waals surface area contributed by atoms with Gasteiger partial charge in [0.2, 0.25) is 5.60 Å². The van der Waals surface area contributed by atoms with Crippen LogP contribution >= 0.6 is 7.75 Å². The Kier molecular flexibility index (Phi) is 8.77. The van der Waals surface area contributed by atoms with Gasteiger partial charge in [0.1, 0.15) is 48.7 Å². The van der Waals surface area contributed by atoms with Crippen molar-refractivity contribution in [1.82, 2.24) is 24.7 Å². The van der Waals surface area contributed by atoms with Crippen molar-refractivity contribution in [2.45, 2.75) is 57.4 Å². The van der Waals surface area contributed by atoms with Crippen LogP contribution in [0.2, 0.25) is 0 Å². The van der Waals surface area contributed by atoms with Crippen LogP contribution in [0.25, 0.3) is 16.4 Å². The highest BCUT2D eigenvalue weighted by Gasteiger charge is 2.66. The largest absolute Gasteiger partial charge is 0.464 e. The molecule has 6 atom stereocenters. The number of aliphatic hydroxyl groups is 2. The molecule has 0 radical (unpaired) electrons. The first-order chi connectivity index (χ1) is 21.6. The van der Waals surface area contributed by atoms with Gasteiger partial charge in [0, 0.05) is 5.39 Å². The van der Waals surface area contributed by atoms with E-state index in [9.17, 15) is 24.8 Å². The molecule has 5 rings (SSSR count). The molecule has 0 saturated carbocycles. The minimum atomic E-state index is -4.72.